The van der Waals surface area contributed by atoms with Crippen molar-refractivity contribution in [3.63, 3.8) is 0 Å². The number of nitrogens with zero attached hydrogens (tertiary/aromatic N) is 3. The number of carbonyl (C=O) groups is 2. The van der Waals surface area contributed by atoms with E-state index in [4.69, 9.17) is 0 Å². The van der Waals surface area contributed by atoms with E-state index in [-0.39, 0.29) is 18.3 Å². The lowest BCUT2D eigenvalue weighted by atomic mass is 10.1. The Bertz CT molecular complexity index is 672. The highest BCUT2D eigenvalue weighted by Gasteiger charge is 2.41. The van der Waals surface area contributed by atoms with Crippen LogP contribution in [-0.4, -0.2) is 59.8 Å². The average molecular weight is 376 g/mol. The maximum atomic E-state index is 13.4. The number of rotatable bonds is 5. The van der Waals surface area contributed by atoms with Crippen LogP contribution in [-0.2, 0) is 15.7 Å². The number of nitrogens with one attached hydrogen (secondary N) is 1. The van der Waals surface area contributed by atoms with E-state index in [0.717, 1.165) is 13.0 Å². The van der Waals surface area contributed by atoms with E-state index in [0.29, 0.717) is 13.0 Å². The molecule has 0 bridgehead atoms. The Labute approximate surface area is 149 Å². The average Bonchev–Trinajstić information content (AvgIpc) is 2.90. The van der Waals surface area contributed by atoms with E-state index in [2.05, 4.69) is 15.2 Å². The predicted octanol–water partition coefficient (Wildman–Crippen LogP) is 1.77. The number of likely N-dealkylation sites (tertiary alicyclic amines) is 1. The van der Waals surface area contributed by atoms with Crippen molar-refractivity contribution in [1.29, 1.82) is 0 Å². The van der Waals surface area contributed by atoms with Crippen molar-refractivity contribution in [3.05, 3.63) is 17.0 Å². The molecule has 1 amide bonds. The van der Waals surface area contributed by atoms with Crippen molar-refractivity contribution in [2.45, 2.75) is 38.9 Å². The summed E-state index contributed by atoms with van der Waals surface area (Å²) in [6.07, 6.45) is -3.24. The highest BCUT2D eigenvalue weighted by molar-refractivity contribution is 5.98. The van der Waals surface area contributed by atoms with Crippen LogP contribution in [0.3, 0.4) is 0 Å². The molecule has 10 heteroatoms. The maximum Gasteiger partial charge on any atom is 0.435 e. The minimum Gasteiger partial charge on any atom is -0.465 e. The van der Waals surface area contributed by atoms with Gasteiger partial charge in [-0.25, -0.2) is 0 Å². The van der Waals surface area contributed by atoms with Gasteiger partial charge in [0.1, 0.15) is 6.54 Å². The molecule has 1 aromatic heterocycles. The summed E-state index contributed by atoms with van der Waals surface area (Å²) in [7, 11) is 1.89. The smallest absolute Gasteiger partial charge is 0.435 e. The third-order valence-corrected chi connectivity index (χ3v) is 4.29. The lowest BCUT2D eigenvalue weighted by Gasteiger charge is -2.30. The van der Waals surface area contributed by atoms with E-state index in [1.54, 1.807) is 6.92 Å². The molecule has 26 heavy (non-hydrogen) atoms. The molecule has 0 spiro atoms. The van der Waals surface area contributed by atoms with Gasteiger partial charge < -0.3 is 15.0 Å². The van der Waals surface area contributed by atoms with Gasteiger partial charge in [-0.1, -0.05) is 0 Å². The molecular formula is C16H23F3N4O3. The summed E-state index contributed by atoms with van der Waals surface area (Å²) in [4.78, 5) is 25.7. The summed E-state index contributed by atoms with van der Waals surface area (Å²) in [6.45, 7) is 4.09. The zero-order chi connectivity index (χ0) is 19.5. The van der Waals surface area contributed by atoms with Crippen LogP contribution in [0.2, 0.25) is 0 Å². The first kappa shape index (κ1) is 20.2. The second-order valence-electron chi connectivity index (χ2n) is 6.30. The van der Waals surface area contributed by atoms with Gasteiger partial charge in [0.05, 0.1) is 18.2 Å². The predicted molar refractivity (Wildman–Crippen MR) is 86.7 cm³/mol. The molecule has 0 radical (unpaired) electrons. The Balaban J connectivity index is 2.31. The molecule has 2 heterocycles. The number of hydrogen-bond acceptors (Lipinski definition) is 5. The summed E-state index contributed by atoms with van der Waals surface area (Å²) < 4.78 is 46.2. The van der Waals surface area contributed by atoms with E-state index in [1.165, 1.54) is 11.6 Å². The fourth-order valence-electron chi connectivity index (χ4n) is 3.14. The maximum absolute atomic E-state index is 13.4. The largest absolute Gasteiger partial charge is 0.465 e. The molecule has 0 aromatic carbocycles. The molecule has 1 N–H and O–H groups in total. The number of likely N-dealkylation sites (N-methyl/N-ethyl adjacent to an activating group) is 1. The van der Waals surface area contributed by atoms with Gasteiger partial charge in [-0.05, 0) is 40.3 Å². The van der Waals surface area contributed by atoms with Gasteiger partial charge in [0.2, 0.25) is 0 Å². The number of carbonyl (C=O) groups excluding carboxylic acids is 2. The number of piperidine rings is 1. The molecule has 7 nitrogen and oxygen atoms in total. The Morgan fingerprint density at radius 1 is 1.38 bits per heavy atom. The van der Waals surface area contributed by atoms with Gasteiger partial charge in [0, 0.05) is 12.2 Å². The van der Waals surface area contributed by atoms with Gasteiger partial charge in [-0.3, -0.25) is 14.3 Å². The van der Waals surface area contributed by atoms with Gasteiger partial charge in [-0.15, -0.1) is 0 Å². The lowest BCUT2D eigenvalue weighted by molar-refractivity contribution is -0.142. The van der Waals surface area contributed by atoms with Crippen LogP contribution in [0.4, 0.5) is 13.2 Å². The Morgan fingerprint density at radius 2 is 2.08 bits per heavy atom. The Kier molecular flexibility index (Phi) is 6.27. The van der Waals surface area contributed by atoms with Gasteiger partial charge >= 0.3 is 12.1 Å². The molecule has 0 saturated carbocycles. The zero-order valence-electron chi connectivity index (χ0n) is 15.0. The second kappa shape index (κ2) is 8.07. The van der Waals surface area contributed by atoms with Crippen LogP contribution < -0.4 is 5.32 Å². The second-order valence-corrected chi connectivity index (χ2v) is 6.30. The summed E-state index contributed by atoms with van der Waals surface area (Å²) in [6, 6.07) is -0.235. The minimum absolute atomic E-state index is 0.120. The van der Waals surface area contributed by atoms with Crippen LogP contribution in [0.1, 0.15) is 47.6 Å². The third-order valence-electron chi connectivity index (χ3n) is 4.29. The molecule has 1 saturated heterocycles. The van der Waals surface area contributed by atoms with E-state index >= 15 is 0 Å². The van der Waals surface area contributed by atoms with Gasteiger partial charge in [0.25, 0.3) is 5.91 Å². The van der Waals surface area contributed by atoms with E-state index in [9.17, 15) is 22.8 Å². The summed E-state index contributed by atoms with van der Waals surface area (Å²) in [5.41, 5.74) is -1.64. The minimum atomic E-state index is -4.77. The first-order valence-corrected chi connectivity index (χ1v) is 8.43. The third kappa shape index (κ3) is 4.54. The van der Waals surface area contributed by atoms with Crippen LogP contribution in [0, 0.1) is 6.92 Å². The summed E-state index contributed by atoms with van der Waals surface area (Å²) in [5, 5.41) is 5.90. The van der Waals surface area contributed by atoms with Crippen molar-refractivity contribution in [2.75, 3.05) is 33.3 Å². The summed E-state index contributed by atoms with van der Waals surface area (Å²) >= 11 is 0. The highest BCUT2D eigenvalue weighted by Crippen LogP contribution is 2.34. The molecule has 2 rings (SSSR count). The number of amides is 1. The molecule has 1 fully saturated rings. The number of esters is 1. The van der Waals surface area contributed by atoms with Crippen LogP contribution >= 0.6 is 0 Å². The molecule has 146 valence electrons. The monoisotopic (exact) mass is 376 g/mol. The van der Waals surface area contributed by atoms with Crippen LogP contribution in [0.25, 0.3) is 0 Å². The van der Waals surface area contributed by atoms with E-state index < -0.39 is 35.9 Å². The molecule has 1 unspecified atom stereocenters. The molecule has 1 aliphatic rings. The number of hydrogen-bond donors (Lipinski definition) is 1. The molecule has 1 atom stereocenters. The molecule has 1 aliphatic heterocycles. The van der Waals surface area contributed by atoms with Gasteiger partial charge in [0.15, 0.2) is 5.69 Å². The lowest BCUT2D eigenvalue weighted by Crippen LogP contribution is -2.34. The van der Waals surface area contributed by atoms with Crippen molar-refractivity contribution >= 4 is 11.9 Å². The van der Waals surface area contributed by atoms with Gasteiger partial charge in [-0.2, -0.15) is 18.3 Å². The molecule has 0 aliphatic carbocycles. The Hall–Kier alpha value is -2.10. The quantitative estimate of drug-likeness (QED) is 0.793. The topological polar surface area (TPSA) is 76.5 Å². The number of aromatic nitrogens is 2. The van der Waals surface area contributed by atoms with Crippen LogP contribution in [0.15, 0.2) is 0 Å². The summed E-state index contributed by atoms with van der Waals surface area (Å²) in [5.74, 6) is -1.70. The first-order chi connectivity index (χ1) is 12.1. The Morgan fingerprint density at radius 3 is 2.65 bits per heavy atom. The highest BCUT2D eigenvalue weighted by atomic mass is 19.4. The number of alkyl halides is 3. The van der Waals surface area contributed by atoms with Crippen molar-refractivity contribution in [1.82, 2.24) is 20.0 Å². The fraction of sp³-hybridized carbons (Fsp3) is 0.688. The van der Waals surface area contributed by atoms with Crippen molar-refractivity contribution < 1.29 is 27.5 Å². The molecule has 1 aromatic rings. The SMILES string of the molecule is CCOC(=O)CNC(=O)c1c(C(F)(F)F)nn(C2CCCN(C)C2)c1C. The van der Waals surface area contributed by atoms with E-state index in [1.807, 2.05) is 11.9 Å². The van der Waals surface area contributed by atoms with Crippen molar-refractivity contribution in [2.24, 2.45) is 0 Å². The standard InChI is InChI=1S/C16H23F3N4O3/c1-4-26-12(24)8-20-15(25)13-10(2)23(21-14(13)16(17,18)19)11-6-5-7-22(3)9-11/h11H,4-9H2,1-3H3,(H,20,25). The zero-order valence-corrected chi connectivity index (χ0v) is 15.0. The number of ether oxygens (including phenoxy) is 1. The number of halogens is 3. The van der Waals surface area contributed by atoms with Crippen molar-refractivity contribution in [3.8, 4) is 0 Å². The normalized spacial score (nSPS) is 18.6. The molecular weight excluding hydrogens is 353 g/mol. The van der Waals surface area contributed by atoms with Crippen LogP contribution in [0.5, 0.6) is 0 Å². The first-order valence-electron chi connectivity index (χ1n) is 8.43. The fourth-order valence-corrected chi connectivity index (χ4v) is 3.14.